The predicted octanol–water partition coefficient (Wildman–Crippen LogP) is 0.897. The van der Waals surface area contributed by atoms with Crippen molar-refractivity contribution in [3.05, 3.63) is 34.1 Å². The second-order valence-corrected chi connectivity index (χ2v) is 3.88. The van der Waals surface area contributed by atoms with Crippen LogP contribution >= 0.6 is 0 Å². The van der Waals surface area contributed by atoms with Gasteiger partial charge in [0.2, 0.25) is 0 Å². The summed E-state index contributed by atoms with van der Waals surface area (Å²) in [6.07, 6.45) is 0. The second-order valence-electron chi connectivity index (χ2n) is 3.88. The zero-order valence-electron chi connectivity index (χ0n) is 9.19. The molecule has 1 heterocycles. The van der Waals surface area contributed by atoms with Gasteiger partial charge in [0, 0.05) is 20.1 Å². The molecule has 1 unspecified atom stereocenters. The molecule has 0 radical (unpaired) electrons. The van der Waals surface area contributed by atoms with Gasteiger partial charge in [-0.15, -0.1) is 0 Å². The van der Waals surface area contributed by atoms with Crippen molar-refractivity contribution >= 4 is 10.9 Å². The molecule has 0 saturated carbocycles. The minimum atomic E-state index is -0.121. The zero-order chi connectivity index (χ0) is 11.2. The first-order valence-electron chi connectivity index (χ1n) is 4.94. The Labute approximate surface area is 87.9 Å². The van der Waals surface area contributed by atoms with Crippen LogP contribution in [0.25, 0.3) is 10.9 Å². The van der Waals surface area contributed by atoms with Gasteiger partial charge in [-0.25, -0.2) is 0 Å². The molecule has 0 aliphatic heterocycles. The smallest absolute Gasteiger partial charge is 0.274 e. The first kappa shape index (κ1) is 9.98. The molecule has 0 spiro atoms. The lowest BCUT2D eigenvalue weighted by Gasteiger charge is -2.05. The number of benzene rings is 1. The number of fused-ring (bicyclic) bond motifs is 1. The van der Waals surface area contributed by atoms with Crippen molar-refractivity contribution in [3.8, 4) is 0 Å². The highest BCUT2D eigenvalue weighted by molar-refractivity contribution is 5.82. The fraction of sp³-hybridized carbons (Fsp3) is 0.364. The van der Waals surface area contributed by atoms with Crippen LogP contribution in [0.4, 0.5) is 0 Å². The summed E-state index contributed by atoms with van der Waals surface area (Å²) in [6, 6.07) is 5.65. The maximum Gasteiger partial charge on any atom is 0.274 e. The lowest BCUT2D eigenvalue weighted by molar-refractivity contribution is 0.595. The van der Waals surface area contributed by atoms with Crippen LogP contribution in [0.2, 0.25) is 0 Å². The first-order valence-corrected chi connectivity index (χ1v) is 4.94. The quantitative estimate of drug-likeness (QED) is 0.752. The number of nitrogens with zero attached hydrogens (tertiary/aromatic N) is 2. The summed E-state index contributed by atoms with van der Waals surface area (Å²) in [4.78, 5) is 12.0. The van der Waals surface area contributed by atoms with Gasteiger partial charge >= 0.3 is 0 Å². The number of nitrogens with two attached hydrogens (primary N) is 1. The highest BCUT2D eigenvalue weighted by atomic mass is 16.1. The minimum Gasteiger partial charge on any atom is -0.324 e. The summed E-state index contributed by atoms with van der Waals surface area (Å²) in [5, 5.41) is 0.734. The summed E-state index contributed by atoms with van der Waals surface area (Å²) in [6.45, 7) is 1.89. The predicted molar refractivity (Wildman–Crippen MR) is 60.8 cm³/mol. The molecular formula is C11H15N3O. The summed E-state index contributed by atoms with van der Waals surface area (Å²) in [7, 11) is 3.63. The van der Waals surface area contributed by atoms with Crippen molar-refractivity contribution in [2.75, 3.05) is 0 Å². The van der Waals surface area contributed by atoms with Crippen LogP contribution in [0, 0.1) is 0 Å². The van der Waals surface area contributed by atoms with Gasteiger partial charge < -0.3 is 5.73 Å². The number of aryl methyl sites for hydroxylation is 1. The number of hydrogen-bond donors (Lipinski definition) is 1. The third-order valence-electron chi connectivity index (χ3n) is 2.87. The van der Waals surface area contributed by atoms with Gasteiger partial charge in [-0.05, 0) is 18.6 Å². The lowest BCUT2D eigenvalue weighted by Crippen LogP contribution is -2.17. The summed E-state index contributed by atoms with van der Waals surface area (Å²) >= 11 is 0. The van der Waals surface area contributed by atoms with Crippen molar-refractivity contribution < 1.29 is 0 Å². The first-order chi connectivity index (χ1) is 7.04. The Morgan fingerprint density at radius 3 is 2.53 bits per heavy atom. The standard InChI is InChI=1S/C11H15N3O/c1-7(12)8-5-4-6-9-10(8)11(15)14(3)13(9)2/h4-7H,12H2,1-3H3. The molecule has 0 saturated heterocycles. The van der Waals surface area contributed by atoms with E-state index in [0.717, 1.165) is 16.5 Å². The van der Waals surface area contributed by atoms with E-state index in [-0.39, 0.29) is 11.6 Å². The second kappa shape index (κ2) is 3.24. The van der Waals surface area contributed by atoms with Crippen LogP contribution in [-0.2, 0) is 14.1 Å². The van der Waals surface area contributed by atoms with Gasteiger partial charge in [-0.2, -0.15) is 0 Å². The Morgan fingerprint density at radius 2 is 1.93 bits per heavy atom. The fourth-order valence-electron chi connectivity index (χ4n) is 1.90. The molecule has 1 atom stereocenters. The molecule has 1 aromatic carbocycles. The van der Waals surface area contributed by atoms with E-state index in [1.807, 2.05) is 36.9 Å². The lowest BCUT2D eigenvalue weighted by atomic mass is 10.0. The maximum absolute atomic E-state index is 12.0. The van der Waals surface area contributed by atoms with E-state index in [1.165, 1.54) is 0 Å². The van der Waals surface area contributed by atoms with E-state index in [2.05, 4.69) is 0 Å². The molecule has 0 amide bonds. The largest absolute Gasteiger partial charge is 0.324 e. The molecule has 1 aromatic heterocycles. The SMILES string of the molecule is CC(N)c1cccc2c1c(=O)n(C)n2C. The Bertz CT molecular complexity index is 563. The summed E-state index contributed by atoms with van der Waals surface area (Å²) in [5.74, 6) is 0. The van der Waals surface area contributed by atoms with Crippen molar-refractivity contribution in [2.45, 2.75) is 13.0 Å². The van der Waals surface area contributed by atoms with Crippen LogP contribution in [0.15, 0.2) is 23.0 Å². The number of aromatic nitrogens is 2. The molecule has 80 valence electrons. The van der Waals surface area contributed by atoms with Gasteiger partial charge in [0.05, 0.1) is 10.9 Å². The van der Waals surface area contributed by atoms with Gasteiger partial charge in [0.25, 0.3) is 5.56 Å². The normalized spacial score (nSPS) is 13.3. The third-order valence-corrected chi connectivity index (χ3v) is 2.87. The number of hydrogen-bond acceptors (Lipinski definition) is 2. The Kier molecular flexibility index (Phi) is 2.16. The molecule has 0 bridgehead atoms. The molecule has 0 aliphatic carbocycles. The van der Waals surface area contributed by atoms with E-state index in [1.54, 1.807) is 11.7 Å². The van der Waals surface area contributed by atoms with E-state index < -0.39 is 0 Å². The fourth-order valence-corrected chi connectivity index (χ4v) is 1.90. The van der Waals surface area contributed by atoms with Crippen LogP contribution in [0.3, 0.4) is 0 Å². The molecular weight excluding hydrogens is 190 g/mol. The molecule has 0 aliphatic rings. The van der Waals surface area contributed by atoms with Crippen LogP contribution < -0.4 is 11.3 Å². The van der Waals surface area contributed by atoms with Crippen molar-refractivity contribution in [1.29, 1.82) is 0 Å². The van der Waals surface area contributed by atoms with Crippen molar-refractivity contribution in [1.82, 2.24) is 9.36 Å². The summed E-state index contributed by atoms with van der Waals surface area (Å²) < 4.78 is 3.43. The molecule has 4 heteroatoms. The van der Waals surface area contributed by atoms with Crippen molar-refractivity contribution in [2.24, 2.45) is 19.8 Å². The Hall–Kier alpha value is -1.55. The highest BCUT2D eigenvalue weighted by Crippen LogP contribution is 2.19. The zero-order valence-corrected chi connectivity index (χ0v) is 9.19. The van der Waals surface area contributed by atoms with Gasteiger partial charge in [0.1, 0.15) is 0 Å². The average molecular weight is 205 g/mol. The van der Waals surface area contributed by atoms with Crippen LogP contribution in [0.5, 0.6) is 0 Å². The van der Waals surface area contributed by atoms with Crippen LogP contribution in [-0.4, -0.2) is 9.36 Å². The minimum absolute atomic E-state index is 0.0143. The van der Waals surface area contributed by atoms with E-state index in [9.17, 15) is 4.79 Å². The average Bonchev–Trinajstić information content (AvgIpc) is 2.44. The molecule has 2 rings (SSSR count). The topological polar surface area (TPSA) is 53.0 Å². The maximum atomic E-state index is 12.0. The van der Waals surface area contributed by atoms with Crippen molar-refractivity contribution in [3.63, 3.8) is 0 Å². The monoisotopic (exact) mass is 205 g/mol. The Morgan fingerprint density at radius 1 is 1.27 bits per heavy atom. The van der Waals surface area contributed by atoms with Gasteiger partial charge in [0.15, 0.2) is 0 Å². The number of rotatable bonds is 1. The van der Waals surface area contributed by atoms with E-state index >= 15 is 0 Å². The Balaban J connectivity index is 2.98. The molecule has 2 aromatic rings. The summed E-state index contributed by atoms with van der Waals surface area (Å²) in [5.41, 5.74) is 7.70. The molecule has 4 nitrogen and oxygen atoms in total. The molecule has 15 heavy (non-hydrogen) atoms. The van der Waals surface area contributed by atoms with Gasteiger partial charge in [-0.3, -0.25) is 14.2 Å². The van der Waals surface area contributed by atoms with E-state index in [4.69, 9.17) is 5.73 Å². The molecule has 2 N–H and O–H groups in total. The van der Waals surface area contributed by atoms with Gasteiger partial charge in [-0.1, -0.05) is 12.1 Å². The molecule has 0 fully saturated rings. The highest BCUT2D eigenvalue weighted by Gasteiger charge is 2.13. The van der Waals surface area contributed by atoms with E-state index in [0.29, 0.717) is 0 Å². The van der Waals surface area contributed by atoms with Crippen LogP contribution in [0.1, 0.15) is 18.5 Å². The third kappa shape index (κ3) is 1.29.